The molecule has 0 saturated carbocycles. The Balaban J connectivity index is 2.23. The molecule has 8 nitrogen and oxygen atoms in total. The molecule has 3 unspecified atom stereocenters. The molecule has 1 N–H and O–H groups in total. The van der Waals surface area contributed by atoms with E-state index in [9.17, 15) is 38.0 Å². The van der Waals surface area contributed by atoms with Crippen LogP contribution in [0.25, 0.3) is 0 Å². The third kappa shape index (κ3) is 3.35. The number of nitro groups is 1. The predicted octanol–water partition coefficient (Wildman–Crippen LogP) is 2.76. The predicted molar refractivity (Wildman–Crippen MR) is 89.3 cm³/mol. The van der Waals surface area contributed by atoms with Crippen LogP contribution in [-0.2, 0) is 19.1 Å². The number of non-ortho nitro benzene ring substituents is 1. The Labute approximate surface area is 162 Å². The monoisotopic (exact) mass is 415 g/mol. The van der Waals surface area contributed by atoms with Crippen molar-refractivity contribution in [3.63, 3.8) is 0 Å². The number of hydrogen-bond donors (Lipinski definition) is 1. The van der Waals surface area contributed by atoms with Crippen LogP contribution in [0.5, 0.6) is 0 Å². The molecule has 0 saturated heterocycles. The molecule has 3 atom stereocenters. The number of ketones is 1. The number of Topliss-reactive ketones (excluding diaryl/α,β-unsaturated/α-hetero) is 1. The largest absolute Gasteiger partial charge is 0.466 e. The Morgan fingerprint density at radius 2 is 1.97 bits per heavy atom. The van der Waals surface area contributed by atoms with Crippen LogP contribution in [-0.4, -0.2) is 40.4 Å². The molecule has 0 radical (unpaired) electrons. The van der Waals surface area contributed by atoms with E-state index in [0.29, 0.717) is 0 Å². The third-order valence-electron chi connectivity index (χ3n) is 4.93. The summed E-state index contributed by atoms with van der Waals surface area (Å²) in [5, 5.41) is 21.3. The molecule has 0 amide bonds. The summed E-state index contributed by atoms with van der Waals surface area (Å²) in [5.74, 6) is -10.1. The lowest BCUT2D eigenvalue weighted by Gasteiger charge is -2.43. The first-order chi connectivity index (χ1) is 13.5. The first kappa shape index (κ1) is 20.8. The average Bonchev–Trinajstić information content (AvgIpc) is 3.00. The fraction of sp³-hybridized carbons (Fsp3) is 0.444. The van der Waals surface area contributed by atoms with E-state index < -0.39 is 40.5 Å². The van der Waals surface area contributed by atoms with E-state index in [-0.39, 0.29) is 42.0 Å². The molecular weight excluding hydrogens is 399 g/mol. The molecule has 1 heterocycles. The minimum absolute atomic E-state index is 0.0161. The Hall–Kier alpha value is -2.95. The van der Waals surface area contributed by atoms with Crippen LogP contribution in [0.2, 0.25) is 0 Å². The second-order valence-electron chi connectivity index (χ2n) is 6.61. The molecule has 1 aromatic carbocycles. The van der Waals surface area contributed by atoms with E-state index in [0.717, 1.165) is 24.3 Å². The number of aliphatic hydroxyl groups is 1. The van der Waals surface area contributed by atoms with Gasteiger partial charge in [0.2, 0.25) is 0 Å². The highest BCUT2D eigenvalue weighted by molar-refractivity contribution is 6.01. The smallest absolute Gasteiger partial charge is 0.456 e. The lowest BCUT2D eigenvalue weighted by molar-refractivity contribution is -0.384. The number of esters is 1. The fourth-order valence-electron chi connectivity index (χ4n) is 3.67. The number of nitro benzene ring substituents is 1. The summed E-state index contributed by atoms with van der Waals surface area (Å²) in [6.45, 7) is 1.11. The van der Waals surface area contributed by atoms with E-state index in [1.54, 1.807) is 0 Å². The molecule has 1 aliphatic heterocycles. The lowest BCUT2D eigenvalue weighted by atomic mass is 9.73. The maximum atomic E-state index is 13.8. The van der Waals surface area contributed by atoms with Gasteiger partial charge >= 0.3 is 17.9 Å². The number of rotatable bonds is 4. The molecule has 1 aromatic rings. The number of halogens is 3. The SMILES string of the molecule is CCOC(=O)C1C(c2ccc([N+](=O)[O-])cc2)C2=C(CCC2=O)OC1(O)C(F)(F)F. The molecule has 11 heteroatoms. The van der Waals surface area contributed by atoms with Crippen LogP contribution in [0.15, 0.2) is 35.6 Å². The van der Waals surface area contributed by atoms with Crippen molar-refractivity contribution >= 4 is 17.4 Å². The van der Waals surface area contributed by atoms with E-state index in [2.05, 4.69) is 0 Å². The summed E-state index contributed by atoms with van der Waals surface area (Å²) in [5.41, 5.74) is -0.472. The summed E-state index contributed by atoms with van der Waals surface area (Å²) >= 11 is 0. The van der Waals surface area contributed by atoms with Crippen molar-refractivity contribution in [3.05, 3.63) is 51.3 Å². The zero-order valence-corrected chi connectivity index (χ0v) is 15.1. The van der Waals surface area contributed by atoms with Gasteiger partial charge in [0, 0.05) is 36.5 Å². The molecule has 0 spiro atoms. The number of carbonyl (C=O) groups excluding carboxylic acids is 2. The zero-order chi connectivity index (χ0) is 21.6. The molecule has 2 aliphatic rings. The van der Waals surface area contributed by atoms with Gasteiger partial charge in [-0.15, -0.1) is 0 Å². The highest BCUT2D eigenvalue weighted by Gasteiger charge is 2.70. The van der Waals surface area contributed by atoms with Gasteiger partial charge in [-0.2, -0.15) is 13.2 Å². The van der Waals surface area contributed by atoms with E-state index in [1.807, 2.05) is 0 Å². The zero-order valence-electron chi connectivity index (χ0n) is 15.1. The number of benzene rings is 1. The van der Waals surface area contributed by atoms with Crippen molar-refractivity contribution in [2.45, 2.75) is 37.6 Å². The van der Waals surface area contributed by atoms with Crippen molar-refractivity contribution < 1.29 is 42.3 Å². The molecule has 3 rings (SSSR count). The van der Waals surface area contributed by atoms with Crippen LogP contribution in [0.1, 0.15) is 31.2 Å². The molecule has 0 aromatic heterocycles. The third-order valence-corrected chi connectivity index (χ3v) is 4.93. The van der Waals surface area contributed by atoms with Crippen molar-refractivity contribution in [2.75, 3.05) is 6.61 Å². The maximum Gasteiger partial charge on any atom is 0.456 e. The van der Waals surface area contributed by atoms with Gasteiger partial charge in [0.05, 0.1) is 11.5 Å². The standard InChI is InChI=1S/C18H16F3NO7/c1-2-28-16(24)15-13(9-3-5-10(6-4-9)22(26)27)14-11(23)7-8-12(14)29-17(15,25)18(19,20)21/h3-6,13,15,25H,2,7-8H2,1H3. The van der Waals surface area contributed by atoms with Crippen molar-refractivity contribution in [3.8, 4) is 0 Å². The molecular formula is C18H16F3NO7. The van der Waals surface area contributed by atoms with Crippen LogP contribution < -0.4 is 0 Å². The van der Waals surface area contributed by atoms with Gasteiger partial charge in [-0.05, 0) is 12.5 Å². The van der Waals surface area contributed by atoms with Crippen LogP contribution >= 0.6 is 0 Å². The minimum Gasteiger partial charge on any atom is -0.466 e. The summed E-state index contributed by atoms with van der Waals surface area (Å²) < 4.78 is 51.0. The van der Waals surface area contributed by atoms with Crippen LogP contribution in [0.4, 0.5) is 18.9 Å². The van der Waals surface area contributed by atoms with Gasteiger partial charge in [0.15, 0.2) is 5.78 Å². The highest BCUT2D eigenvalue weighted by Crippen LogP contribution is 2.54. The highest BCUT2D eigenvalue weighted by atomic mass is 19.4. The first-order valence-corrected chi connectivity index (χ1v) is 8.66. The van der Waals surface area contributed by atoms with E-state index in [1.165, 1.54) is 6.92 Å². The molecule has 156 valence electrons. The van der Waals surface area contributed by atoms with Crippen LogP contribution in [0, 0.1) is 16.0 Å². The number of alkyl halides is 3. The molecule has 1 aliphatic carbocycles. The van der Waals surface area contributed by atoms with Crippen molar-refractivity contribution in [2.24, 2.45) is 5.92 Å². The van der Waals surface area contributed by atoms with Crippen molar-refractivity contribution in [1.82, 2.24) is 0 Å². The second-order valence-corrected chi connectivity index (χ2v) is 6.61. The summed E-state index contributed by atoms with van der Waals surface area (Å²) in [7, 11) is 0. The van der Waals surface area contributed by atoms with Crippen LogP contribution in [0.3, 0.4) is 0 Å². The topological polar surface area (TPSA) is 116 Å². The number of carbonyl (C=O) groups is 2. The summed E-state index contributed by atoms with van der Waals surface area (Å²) in [4.78, 5) is 35.1. The average molecular weight is 415 g/mol. The maximum absolute atomic E-state index is 13.8. The number of hydrogen-bond acceptors (Lipinski definition) is 7. The Morgan fingerprint density at radius 3 is 2.48 bits per heavy atom. The molecule has 0 bridgehead atoms. The summed E-state index contributed by atoms with van der Waals surface area (Å²) in [6, 6.07) is 4.37. The fourth-order valence-corrected chi connectivity index (χ4v) is 3.67. The number of nitrogens with zero attached hydrogens (tertiary/aromatic N) is 1. The van der Waals surface area contributed by atoms with Gasteiger partial charge in [-0.3, -0.25) is 19.7 Å². The second kappa shape index (κ2) is 7.14. The van der Waals surface area contributed by atoms with Gasteiger partial charge < -0.3 is 14.6 Å². The lowest BCUT2D eigenvalue weighted by Crippen LogP contribution is -2.60. The summed E-state index contributed by atoms with van der Waals surface area (Å²) in [6.07, 6.45) is -5.68. The van der Waals surface area contributed by atoms with Crippen molar-refractivity contribution in [1.29, 1.82) is 0 Å². The first-order valence-electron chi connectivity index (χ1n) is 8.66. The van der Waals surface area contributed by atoms with E-state index >= 15 is 0 Å². The molecule has 0 fully saturated rings. The van der Waals surface area contributed by atoms with Gasteiger partial charge in [-0.1, -0.05) is 12.1 Å². The van der Waals surface area contributed by atoms with Gasteiger partial charge in [-0.25, -0.2) is 0 Å². The normalized spacial score (nSPS) is 26.7. The number of ether oxygens (including phenoxy) is 2. The van der Waals surface area contributed by atoms with Gasteiger partial charge in [0.1, 0.15) is 11.7 Å². The Bertz CT molecular complexity index is 894. The Kier molecular flexibility index (Phi) is 5.11. The van der Waals surface area contributed by atoms with E-state index in [4.69, 9.17) is 9.47 Å². The van der Waals surface area contributed by atoms with Gasteiger partial charge in [0.25, 0.3) is 5.69 Å². The molecule has 29 heavy (non-hydrogen) atoms. The quantitative estimate of drug-likeness (QED) is 0.457. The number of allylic oxidation sites excluding steroid dienone is 2. The minimum atomic E-state index is -5.38. The Morgan fingerprint density at radius 1 is 1.34 bits per heavy atom.